The molecule has 0 amide bonds. The number of aromatic nitrogens is 1. The van der Waals surface area contributed by atoms with Gasteiger partial charge >= 0.3 is 0 Å². The van der Waals surface area contributed by atoms with Crippen LogP contribution in [0.25, 0.3) is 10.6 Å². The largest absolute Gasteiger partial charge is 0.506 e. The number of ether oxygens (including phenoxy) is 2. The second-order valence-electron chi connectivity index (χ2n) is 6.94. The molecule has 6 nitrogen and oxygen atoms in total. The van der Waals surface area contributed by atoms with Crippen molar-refractivity contribution in [3.05, 3.63) is 53.5 Å². The average Bonchev–Trinajstić information content (AvgIpc) is 3.22. The van der Waals surface area contributed by atoms with E-state index in [2.05, 4.69) is 15.2 Å². The lowest BCUT2D eigenvalue weighted by molar-refractivity contribution is 0.247. The first-order valence-corrected chi connectivity index (χ1v) is 10.5. The Morgan fingerprint density at radius 3 is 2.52 bits per heavy atom. The highest BCUT2D eigenvalue weighted by Gasteiger charge is 2.20. The van der Waals surface area contributed by atoms with Gasteiger partial charge in [0.25, 0.3) is 0 Å². The number of hydrogen-bond acceptors (Lipinski definition) is 7. The Hall–Kier alpha value is -2.77. The lowest BCUT2D eigenvalue weighted by Crippen LogP contribution is -2.46. The van der Waals surface area contributed by atoms with Gasteiger partial charge in [0.2, 0.25) is 0 Å². The zero-order valence-corrected chi connectivity index (χ0v) is 17.5. The quantitative estimate of drug-likeness (QED) is 0.665. The van der Waals surface area contributed by atoms with Gasteiger partial charge in [-0.3, -0.25) is 4.90 Å². The van der Waals surface area contributed by atoms with E-state index in [0.29, 0.717) is 17.2 Å². The highest BCUT2D eigenvalue weighted by molar-refractivity contribution is 7.13. The van der Waals surface area contributed by atoms with Gasteiger partial charge in [-0.15, -0.1) is 11.3 Å². The van der Waals surface area contributed by atoms with Crippen molar-refractivity contribution in [3.63, 3.8) is 0 Å². The third-order valence-electron chi connectivity index (χ3n) is 5.17. The van der Waals surface area contributed by atoms with Gasteiger partial charge in [0.1, 0.15) is 10.8 Å². The SMILES string of the molecule is COc1cccc(-c2nc(CN3CCN(c4ccccc4O)CC3)cs2)c1OC. The van der Waals surface area contributed by atoms with Crippen LogP contribution in [-0.4, -0.2) is 55.4 Å². The Morgan fingerprint density at radius 2 is 1.79 bits per heavy atom. The number of para-hydroxylation sites is 3. The highest BCUT2D eigenvalue weighted by atomic mass is 32.1. The Kier molecular flexibility index (Phi) is 5.87. The van der Waals surface area contributed by atoms with Crippen LogP contribution in [0.15, 0.2) is 47.8 Å². The van der Waals surface area contributed by atoms with Crippen molar-refractivity contribution in [2.75, 3.05) is 45.3 Å². The first-order chi connectivity index (χ1) is 14.2. The van der Waals surface area contributed by atoms with Gasteiger partial charge < -0.3 is 19.5 Å². The summed E-state index contributed by atoms with van der Waals surface area (Å²) in [5.74, 6) is 1.77. The fraction of sp³-hybridized carbons (Fsp3) is 0.318. The molecule has 0 atom stereocenters. The Labute approximate surface area is 174 Å². The number of piperazine rings is 1. The van der Waals surface area contributed by atoms with Crippen LogP contribution in [-0.2, 0) is 6.54 Å². The van der Waals surface area contributed by atoms with Crippen LogP contribution >= 0.6 is 11.3 Å². The Balaban J connectivity index is 1.41. The molecule has 2 aromatic carbocycles. The third kappa shape index (κ3) is 4.16. The summed E-state index contributed by atoms with van der Waals surface area (Å²) in [4.78, 5) is 9.47. The molecule has 1 aliphatic rings. The summed E-state index contributed by atoms with van der Waals surface area (Å²) < 4.78 is 11.0. The highest BCUT2D eigenvalue weighted by Crippen LogP contribution is 2.39. The van der Waals surface area contributed by atoms with Crippen LogP contribution < -0.4 is 14.4 Å². The maximum Gasteiger partial charge on any atom is 0.170 e. The monoisotopic (exact) mass is 411 g/mol. The van der Waals surface area contributed by atoms with Crippen molar-refractivity contribution >= 4 is 17.0 Å². The predicted octanol–water partition coefficient (Wildman–Crippen LogP) is 3.86. The van der Waals surface area contributed by atoms with Gasteiger partial charge in [-0.1, -0.05) is 18.2 Å². The number of anilines is 1. The molecular weight excluding hydrogens is 386 g/mol. The van der Waals surface area contributed by atoms with Crippen LogP contribution in [0.1, 0.15) is 5.69 Å². The van der Waals surface area contributed by atoms with Crippen molar-refractivity contribution < 1.29 is 14.6 Å². The first kappa shape index (κ1) is 19.5. The van der Waals surface area contributed by atoms with E-state index >= 15 is 0 Å². The van der Waals surface area contributed by atoms with Crippen LogP contribution in [0.5, 0.6) is 17.2 Å². The molecule has 4 rings (SSSR count). The summed E-state index contributed by atoms with van der Waals surface area (Å²) in [5, 5.41) is 13.1. The topological polar surface area (TPSA) is 58.1 Å². The summed E-state index contributed by atoms with van der Waals surface area (Å²) >= 11 is 1.62. The molecule has 7 heteroatoms. The van der Waals surface area contributed by atoms with Crippen molar-refractivity contribution in [3.8, 4) is 27.8 Å². The number of aromatic hydroxyl groups is 1. The smallest absolute Gasteiger partial charge is 0.170 e. The molecule has 0 radical (unpaired) electrons. The molecule has 0 unspecified atom stereocenters. The number of phenols is 1. The van der Waals surface area contributed by atoms with E-state index in [1.165, 1.54) is 0 Å². The molecule has 152 valence electrons. The summed E-state index contributed by atoms with van der Waals surface area (Å²) in [6, 6.07) is 13.4. The lowest BCUT2D eigenvalue weighted by Gasteiger charge is -2.36. The number of benzene rings is 2. The van der Waals surface area contributed by atoms with E-state index < -0.39 is 0 Å². The number of rotatable bonds is 6. The van der Waals surface area contributed by atoms with Gasteiger partial charge in [-0.05, 0) is 24.3 Å². The van der Waals surface area contributed by atoms with E-state index in [4.69, 9.17) is 14.5 Å². The molecule has 0 aliphatic carbocycles. The molecule has 2 heterocycles. The summed E-state index contributed by atoms with van der Waals surface area (Å²) in [6.45, 7) is 4.46. The molecule has 3 aromatic rings. The second kappa shape index (κ2) is 8.71. The predicted molar refractivity (Wildman–Crippen MR) is 116 cm³/mol. The molecule has 0 saturated carbocycles. The van der Waals surface area contributed by atoms with E-state index in [9.17, 15) is 5.11 Å². The maximum absolute atomic E-state index is 10.1. The fourth-order valence-electron chi connectivity index (χ4n) is 3.67. The van der Waals surface area contributed by atoms with Gasteiger partial charge in [0, 0.05) is 38.1 Å². The standard InChI is InChI=1S/C22H25N3O3S/c1-27-20-9-5-6-17(21(20)28-2)22-23-16(15-29-22)14-24-10-12-25(13-11-24)18-7-3-4-8-19(18)26/h3-9,15,26H,10-14H2,1-2H3. The van der Waals surface area contributed by atoms with Crippen molar-refractivity contribution in [2.45, 2.75) is 6.54 Å². The summed E-state index contributed by atoms with van der Waals surface area (Å²) in [5.41, 5.74) is 2.92. The minimum Gasteiger partial charge on any atom is -0.506 e. The molecule has 1 aromatic heterocycles. The minimum atomic E-state index is 0.345. The van der Waals surface area contributed by atoms with E-state index in [0.717, 1.165) is 54.7 Å². The fourth-order valence-corrected chi connectivity index (χ4v) is 4.50. The summed E-state index contributed by atoms with van der Waals surface area (Å²) in [7, 11) is 3.30. The van der Waals surface area contributed by atoms with Crippen LogP contribution in [0, 0.1) is 0 Å². The minimum absolute atomic E-state index is 0.345. The first-order valence-electron chi connectivity index (χ1n) is 9.60. The molecule has 1 N–H and O–H groups in total. The third-order valence-corrected chi connectivity index (χ3v) is 6.09. The Morgan fingerprint density at radius 1 is 1.00 bits per heavy atom. The molecule has 0 spiro atoms. The number of phenolic OH excluding ortho intramolecular Hbond substituents is 1. The van der Waals surface area contributed by atoms with Crippen molar-refractivity contribution in [1.82, 2.24) is 9.88 Å². The van der Waals surface area contributed by atoms with E-state index in [1.54, 1.807) is 31.6 Å². The van der Waals surface area contributed by atoms with Crippen LogP contribution in [0.3, 0.4) is 0 Å². The molecule has 29 heavy (non-hydrogen) atoms. The van der Waals surface area contributed by atoms with Crippen LogP contribution in [0.2, 0.25) is 0 Å². The van der Waals surface area contributed by atoms with E-state index in [-0.39, 0.29) is 0 Å². The maximum atomic E-state index is 10.1. The molecule has 0 bridgehead atoms. The molecular formula is C22H25N3O3S. The normalized spacial score (nSPS) is 14.8. The number of nitrogens with zero attached hydrogens (tertiary/aromatic N) is 3. The van der Waals surface area contributed by atoms with E-state index in [1.807, 2.05) is 36.4 Å². The lowest BCUT2D eigenvalue weighted by atomic mass is 10.2. The zero-order valence-electron chi connectivity index (χ0n) is 16.7. The van der Waals surface area contributed by atoms with Gasteiger partial charge in [0.05, 0.1) is 31.2 Å². The zero-order chi connectivity index (χ0) is 20.2. The molecule has 1 aliphatic heterocycles. The average molecular weight is 412 g/mol. The summed E-state index contributed by atoms with van der Waals surface area (Å²) in [6.07, 6.45) is 0. The van der Waals surface area contributed by atoms with Gasteiger partial charge in [0.15, 0.2) is 11.5 Å². The van der Waals surface area contributed by atoms with Gasteiger partial charge in [-0.25, -0.2) is 4.98 Å². The Bertz CT molecular complexity index is 967. The second-order valence-corrected chi connectivity index (χ2v) is 7.80. The number of thiazole rings is 1. The molecule has 1 fully saturated rings. The van der Waals surface area contributed by atoms with Crippen molar-refractivity contribution in [1.29, 1.82) is 0 Å². The number of methoxy groups -OCH3 is 2. The number of hydrogen-bond donors (Lipinski definition) is 1. The van der Waals surface area contributed by atoms with Crippen molar-refractivity contribution in [2.24, 2.45) is 0 Å². The molecule has 1 saturated heterocycles. The van der Waals surface area contributed by atoms with Gasteiger partial charge in [-0.2, -0.15) is 0 Å². The van der Waals surface area contributed by atoms with Crippen LogP contribution in [0.4, 0.5) is 5.69 Å².